The maximum absolute atomic E-state index is 13.9. The van der Waals surface area contributed by atoms with E-state index in [1.807, 2.05) is 111 Å². The number of likely N-dealkylation sites (N-methyl/N-ethyl adjacent to an activating group) is 1. The Bertz CT molecular complexity index is 1770. The second-order valence-corrected chi connectivity index (χ2v) is 14.3. The molecule has 0 radical (unpaired) electrons. The minimum Gasteiger partial charge on any atom is -0.390 e. The molecule has 4 N–H and O–H groups in total. The third-order valence-corrected chi connectivity index (χ3v) is 9.84. The molecule has 4 aromatic rings. The van der Waals surface area contributed by atoms with E-state index in [0.717, 1.165) is 22.3 Å². The van der Waals surface area contributed by atoms with E-state index in [1.165, 1.54) is 25.1 Å². The Morgan fingerprint density at radius 1 is 0.792 bits per heavy atom. The molecular weight excluding hydrogens is 625 g/mol. The van der Waals surface area contributed by atoms with E-state index in [4.69, 9.17) is 0 Å². The first-order chi connectivity index (χ1) is 22.8. The van der Waals surface area contributed by atoms with E-state index >= 15 is 0 Å². The SMILES string of the molecule is CCS(=O)(=O)Nc1cc(C(=O)N[C@@H](Cc2ccccc2)[C@H](O)CN(C)[C@@H](C)c2ccccc2)cc(C(=O)N[C@H](C)c2ccc(C)cc2)c1. The monoisotopic (exact) mass is 670 g/mol. The molecule has 254 valence electrons. The first-order valence-corrected chi connectivity index (χ1v) is 17.8. The number of carbonyl (C=O) groups is 2. The normalized spacial score (nSPS) is 14.1. The highest BCUT2D eigenvalue weighted by molar-refractivity contribution is 7.92. The molecule has 10 heteroatoms. The van der Waals surface area contributed by atoms with E-state index in [9.17, 15) is 23.1 Å². The number of aliphatic hydroxyl groups is 1. The summed E-state index contributed by atoms with van der Waals surface area (Å²) in [4.78, 5) is 29.4. The largest absolute Gasteiger partial charge is 0.390 e. The van der Waals surface area contributed by atoms with Crippen molar-refractivity contribution in [1.82, 2.24) is 15.5 Å². The van der Waals surface area contributed by atoms with E-state index in [1.54, 1.807) is 0 Å². The molecule has 48 heavy (non-hydrogen) atoms. The fraction of sp³-hybridized carbons (Fsp3) is 0.316. The summed E-state index contributed by atoms with van der Waals surface area (Å²) in [6.45, 7) is 7.66. The smallest absolute Gasteiger partial charge is 0.251 e. The van der Waals surface area contributed by atoms with Crippen molar-refractivity contribution >= 4 is 27.5 Å². The molecular formula is C38H46N4O5S. The van der Waals surface area contributed by atoms with Crippen LogP contribution < -0.4 is 15.4 Å². The number of sulfonamides is 1. The Morgan fingerprint density at radius 3 is 1.94 bits per heavy atom. The number of carbonyl (C=O) groups excluding carboxylic acids is 2. The van der Waals surface area contributed by atoms with Crippen LogP contribution in [-0.4, -0.2) is 61.7 Å². The number of hydrogen-bond donors (Lipinski definition) is 4. The standard InChI is InChI=1S/C38H46N4O5S/c1-6-48(46,47)41-34-23-32(37(44)39-27(3)30-19-17-26(2)18-20-30)22-33(24-34)38(45)40-35(21-29-13-9-7-10-14-29)36(43)25-42(5)28(4)31-15-11-8-12-16-31/h7-20,22-24,27-28,35-36,41,43H,6,21,25H2,1-5H3,(H,39,44)(H,40,45)/t27-,28+,35+,36-/m1/s1. The van der Waals surface area contributed by atoms with Crippen molar-refractivity contribution in [3.05, 3.63) is 137 Å². The summed E-state index contributed by atoms with van der Waals surface area (Å²) < 4.78 is 27.5. The number of aryl methyl sites for hydroxylation is 1. The van der Waals surface area contributed by atoms with Gasteiger partial charge in [0.05, 0.1) is 29.6 Å². The topological polar surface area (TPSA) is 128 Å². The molecule has 0 aliphatic heterocycles. The summed E-state index contributed by atoms with van der Waals surface area (Å²) in [6, 6.07) is 30.5. The van der Waals surface area contributed by atoms with Gasteiger partial charge < -0.3 is 15.7 Å². The molecule has 0 aliphatic rings. The lowest BCUT2D eigenvalue weighted by molar-refractivity contribution is 0.0656. The van der Waals surface area contributed by atoms with E-state index in [2.05, 4.69) is 22.3 Å². The molecule has 0 spiro atoms. The van der Waals surface area contributed by atoms with Gasteiger partial charge in [-0.15, -0.1) is 0 Å². The van der Waals surface area contributed by atoms with E-state index in [0.29, 0.717) is 6.42 Å². The first kappa shape index (κ1) is 36.3. The zero-order valence-corrected chi connectivity index (χ0v) is 29.0. The van der Waals surface area contributed by atoms with Crippen LogP contribution in [0.4, 0.5) is 5.69 Å². The highest BCUT2D eigenvalue weighted by atomic mass is 32.2. The molecule has 0 aliphatic carbocycles. The van der Waals surface area contributed by atoms with Gasteiger partial charge in [-0.2, -0.15) is 0 Å². The summed E-state index contributed by atoms with van der Waals surface area (Å²) in [5.74, 6) is -1.20. The van der Waals surface area contributed by atoms with Gasteiger partial charge in [-0.05, 0) is 76.1 Å². The Morgan fingerprint density at radius 2 is 1.35 bits per heavy atom. The zero-order chi connectivity index (χ0) is 34.8. The Balaban J connectivity index is 1.61. The minimum atomic E-state index is -3.71. The second kappa shape index (κ2) is 16.5. The Labute approximate surface area is 284 Å². The maximum atomic E-state index is 13.9. The molecule has 0 aromatic heterocycles. The number of amides is 2. The number of nitrogens with one attached hydrogen (secondary N) is 3. The predicted octanol–water partition coefficient (Wildman–Crippen LogP) is 5.64. The third-order valence-electron chi connectivity index (χ3n) is 8.53. The number of nitrogens with zero attached hydrogens (tertiary/aromatic N) is 1. The number of hydrogen-bond acceptors (Lipinski definition) is 6. The number of rotatable bonds is 15. The lowest BCUT2D eigenvalue weighted by Gasteiger charge is -2.31. The van der Waals surface area contributed by atoms with Gasteiger partial charge in [0.15, 0.2) is 0 Å². The van der Waals surface area contributed by atoms with Crippen LogP contribution >= 0.6 is 0 Å². The molecule has 0 unspecified atom stereocenters. The maximum Gasteiger partial charge on any atom is 0.251 e. The van der Waals surface area contributed by atoms with Crippen molar-refractivity contribution in [3.63, 3.8) is 0 Å². The first-order valence-electron chi connectivity index (χ1n) is 16.2. The van der Waals surface area contributed by atoms with Gasteiger partial charge in [0.25, 0.3) is 11.8 Å². The van der Waals surface area contributed by atoms with Crippen molar-refractivity contribution in [2.75, 3.05) is 24.1 Å². The molecule has 4 atom stereocenters. The lowest BCUT2D eigenvalue weighted by Crippen LogP contribution is -2.49. The third kappa shape index (κ3) is 10.2. The lowest BCUT2D eigenvalue weighted by atomic mass is 9.99. The van der Waals surface area contributed by atoms with Gasteiger partial charge in [0.2, 0.25) is 10.0 Å². The molecule has 2 amide bonds. The van der Waals surface area contributed by atoms with E-state index in [-0.39, 0.29) is 41.2 Å². The molecule has 0 saturated heterocycles. The quantitative estimate of drug-likeness (QED) is 0.130. The van der Waals surface area contributed by atoms with Crippen molar-refractivity contribution < 1.29 is 23.1 Å². The van der Waals surface area contributed by atoms with Crippen molar-refractivity contribution in [3.8, 4) is 0 Å². The van der Waals surface area contributed by atoms with Crippen LogP contribution in [0.25, 0.3) is 0 Å². The summed E-state index contributed by atoms with van der Waals surface area (Å²) in [7, 11) is -1.78. The fourth-order valence-electron chi connectivity index (χ4n) is 5.39. The predicted molar refractivity (Wildman–Crippen MR) is 191 cm³/mol. The molecule has 0 saturated carbocycles. The van der Waals surface area contributed by atoms with Crippen LogP contribution in [0.1, 0.15) is 75.8 Å². The average molecular weight is 671 g/mol. The minimum absolute atomic E-state index is 0.0144. The number of benzene rings is 4. The fourth-order valence-corrected chi connectivity index (χ4v) is 6.01. The van der Waals surface area contributed by atoms with E-state index < -0.39 is 34.0 Å². The summed E-state index contributed by atoms with van der Waals surface area (Å²) in [6.07, 6.45) is -0.601. The van der Waals surface area contributed by atoms with Crippen LogP contribution in [0.15, 0.2) is 103 Å². The molecule has 4 rings (SSSR count). The van der Waals surface area contributed by atoms with Crippen molar-refractivity contribution in [2.24, 2.45) is 0 Å². The van der Waals surface area contributed by atoms with Crippen LogP contribution in [0.2, 0.25) is 0 Å². The van der Waals surface area contributed by atoms with Gasteiger partial charge >= 0.3 is 0 Å². The Kier molecular flexibility index (Phi) is 12.5. The summed E-state index contributed by atoms with van der Waals surface area (Å²) in [5, 5.41) is 17.5. The van der Waals surface area contributed by atoms with Crippen molar-refractivity contribution in [2.45, 2.75) is 58.3 Å². The molecule has 0 fully saturated rings. The molecule has 0 bridgehead atoms. The number of anilines is 1. The van der Waals surface area contributed by atoms with Gasteiger partial charge in [-0.3, -0.25) is 19.2 Å². The Hall–Kier alpha value is -4.51. The molecule has 0 heterocycles. The van der Waals surface area contributed by atoms with Gasteiger partial charge in [0, 0.05) is 23.7 Å². The van der Waals surface area contributed by atoms with Crippen LogP contribution in [0.5, 0.6) is 0 Å². The van der Waals surface area contributed by atoms with Gasteiger partial charge in [-0.1, -0.05) is 90.5 Å². The van der Waals surface area contributed by atoms with Crippen LogP contribution in [-0.2, 0) is 16.4 Å². The van der Waals surface area contributed by atoms with Crippen molar-refractivity contribution in [1.29, 1.82) is 0 Å². The molecule has 4 aromatic carbocycles. The highest BCUT2D eigenvalue weighted by Crippen LogP contribution is 2.22. The summed E-state index contributed by atoms with van der Waals surface area (Å²) in [5.41, 5.74) is 4.31. The summed E-state index contributed by atoms with van der Waals surface area (Å²) >= 11 is 0. The average Bonchev–Trinajstić information content (AvgIpc) is 3.08. The second-order valence-electron chi connectivity index (χ2n) is 12.3. The highest BCUT2D eigenvalue weighted by Gasteiger charge is 2.26. The van der Waals surface area contributed by atoms with Gasteiger partial charge in [-0.25, -0.2) is 8.42 Å². The van der Waals surface area contributed by atoms with Gasteiger partial charge in [0.1, 0.15) is 0 Å². The number of aliphatic hydroxyl groups excluding tert-OH is 1. The van der Waals surface area contributed by atoms with Crippen LogP contribution in [0.3, 0.4) is 0 Å². The zero-order valence-electron chi connectivity index (χ0n) is 28.2. The molecule has 9 nitrogen and oxygen atoms in total. The van der Waals surface area contributed by atoms with Crippen LogP contribution in [0, 0.1) is 6.92 Å².